The van der Waals surface area contributed by atoms with E-state index in [-0.39, 0.29) is 12.0 Å². The number of nitrogens with zero attached hydrogens (tertiary/aromatic N) is 3. The Hall–Kier alpha value is -1.36. The number of aryl methyl sites for hydroxylation is 1. The van der Waals surface area contributed by atoms with Gasteiger partial charge in [0.15, 0.2) is 0 Å². The van der Waals surface area contributed by atoms with Gasteiger partial charge in [-0.25, -0.2) is 4.98 Å². The summed E-state index contributed by atoms with van der Waals surface area (Å²) in [6.45, 7) is 6.02. The molecule has 17 heavy (non-hydrogen) atoms. The van der Waals surface area contributed by atoms with Crippen molar-refractivity contribution < 1.29 is 5.11 Å². The Kier molecular flexibility index (Phi) is 3.19. The van der Waals surface area contributed by atoms with E-state index in [4.69, 9.17) is 5.73 Å². The third kappa shape index (κ3) is 2.66. The number of hydrogen-bond acceptors (Lipinski definition) is 5. The van der Waals surface area contributed by atoms with Gasteiger partial charge in [0, 0.05) is 30.3 Å². The lowest BCUT2D eigenvalue weighted by Crippen LogP contribution is -2.44. The largest absolute Gasteiger partial charge is 0.396 e. The van der Waals surface area contributed by atoms with Gasteiger partial charge >= 0.3 is 0 Å². The summed E-state index contributed by atoms with van der Waals surface area (Å²) in [5.41, 5.74) is 6.51. The van der Waals surface area contributed by atoms with Gasteiger partial charge in [0.05, 0.1) is 6.61 Å². The van der Waals surface area contributed by atoms with Crippen LogP contribution in [0.1, 0.15) is 25.5 Å². The summed E-state index contributed by atoms with van der Waals surface area (Å²) in [6.07, 6.45) is 2.12. The van der Waals surface area contributed by atoms with E-state index in [1.165, 1.54) is 0 Å². The van der Waals surface area contributed by atoms with Gasteiger partial charge in [0.25, 0.3) is 0 Å². The fraction of sp³-hybridized carbons (Fsp3) is 0.667. The van der Waals surface area contributed by atoms with Crippen LogP contribution in [0, 0.1) is 12.3 Å². The molecule has 0 saturated carbocycles. The predicted octanol–water partition coefficient (Wildman–Crippen LogP) is 0.966. The quantitative estimate of drug-likeness (QED) is 0.800. The minimum Gasteiger partial charge on any atom is -0.396 e. The van der Waals surface area contributed by atoms with Gasteiger partial charge < -0.3 is 15.7 Å². The number of piperidine rings is 1. The summed E-state index contributed by atoms with van der Waals surface area (Å²) >= 11 is 0. The number of aliphatic hydroxyl groups excluding tert-OH is 1. The van der Waals surface area contributed by atoms with E-state index in [0.717, 1.165) is 37.4 Å². The lowest BCUT2D eigenvalue weighted by Gasteiger charge is -2.40. The smallest absolute Gasteiger partial charge is 0.222 e. The van der Waals surface area contributed by atoms with Crippen LogP contribution in [0.5, 0.6) is 0 Å². The van der Waals surface area contributed by atoms with Crippen LogP contribution in [0.3, 0.4) is 0 Å². The minimum absolute atomic E-state index is 0.0358. The molecular weight excluding hydrogens is 216 g/mol. The molecule has 1 aliphatic rings. The Balaban J connectivity index is 2.21. The number of hydrogen-bond donors (Lipinski definition) is 2. The fourth-order valence-electron chi connectivity index (χ4n) is 2.38. The Morgan fingerprint density at radius 3 is 2.94 bits per heavy atom. The van der Waals surface area contributed by atoms with Crippen molar-refractivity contribution in [1.29, 1.82) is 0 Å². The van der Waals surface area contributed by atoms with Crippen molar-refractivity contribution in [2.45, 2.75) is 26.7 Å². The maximum Gasteiger partial charge on any atom is 0.222 e. The molecule has 1 aromatic rings. The number of nitrogen functional groups attached to an aromatic ring is 1. The van der Waals surface area contributed by atoms with Gasteiger partial charge in [-0.3, -0.25) is 0 Å². The molecule has 0 aliphatic carbocycles. The molecule has 5 nitrogen and oxygen atoms in total. The summed E-state index contributed by atoms with van der Waals surface area (Å²) in [7, 11) is 0. The van der Waals surface area contributed by atoms with E-state index in [2.05, 4.69) is 21.8 Å². The SMILES string of the molecule is Cc1cc(N2CCCC(C)(CO)C2)nc(N)n1. The van der Waals surface area contributed by atoms with Gasteiger partial charge in [-0.1, -0.05) is 6.92 Å². The lowest BCUT2D eigenvalue weighted by molar-refractivity contribution is 0.123. The van der Waals surface area contributed by atoms with Gasteiger partial charge in [-0.2, -0.15) is 4.98 Å². The van der Waals surface area contributed by atoms with Gasteiger partial charge in [-0.05, 0) is 19.8 Å². The third-order valence-corrected chi connectivity index (χ3v) is 3.34. The van der Waals surface area contributed by atoms with Crippen molar-refractivity contribution in [1.82, 2.24) is 9.97 Å². The molecule has 1 unspecified atom stereocenters. The number of rotatable bonds is 2. The summed E-state index contributed by atoms with van der Waals surface area (Å²) < 4.78 is 0. The molecule has 0 bridgehead atoms. The molecule has 0 spiro atoms. The second kappa shape index (κ2) is 4.49. The molecule has 0 amide bonds. The normalized spacial score (nSPS) is 25.0. The highest BCUT2D eigenvalue weighted by molar-refractivity contribution is 5.44. The minimum atomic E-state index is -0.0358. The summed E-state index contributed by atoms with van der Waals surface area (Å²) in [6, 6.07) is 1.94. The molecule has 1 atom stereocenters. The Bertz CT molecular complexity index is 389. The van der Waals surface area contributed by atoms with Gasteiger partial charge in [0.1, 0.15) is 5.82 Å². The Morgan fingerprint density at radius 1 is 1.53 bits per heavy atom. The molecule has 1 aromatic heterocycles. The van der Waals surface area contributed by atoms with E-state index in [0.29, 0.717) is 5.95 Å². The Morgan fingerprint density at radius 2 is 2.29 bits per heavy atom. The first-order valence-electron chi connectivity index (χ1n) is 5.99. The fourth-order valence-corrected chi connectivity index (χ4v) is 2.38. The van der Waals surface area contributed by atoms with E-state index in [1.54, 1.807) is 0 Å². The van der Waals surface area contributed by atoms with Crippen molar-refractivity contribution >= 4 is 11.8 Å². The van der Waals surface area contributed by atoms with Crippen LogP contribution in [-0.2, 0) is 0 Å². The van der Waals surface area contributed by atoms with Crippen molar-refractivity contribution in [3.63, 3.8) is 0 Å². The lowest BCUT2D eigenvalue weighted by atomic mass is 9.83. The second-order valence-electron chi connectivity index (χ2n) is 5.22. The molecule has 1 fully saturated rings. The number of aliphatic hydroxyl groups is 1. The van der Waals surface area contributed by atoms with Crippen molar-refractivity contribution in [3.8, 4) is 0 Å². The molecule has 94 valence electrons. The first-order valence-corrected chi connectivity index (χ1v) is 5.99. The first-order chi connectivity index (χ1) is 8.02. The molecule has 5 heteroatoms. The predicted molar refractivity (Wildman–Crippen MR) is 67.8 cm³/mol. The highest BCUT2D eigenvalue weighted by Crippen LogP contribution is 2.31. The average Bonchev–Trinajstić information content (AvgIpc) is 2.28. The molecular formula is C12H20N4O. The standard InChI is InChI=1S/C12H20N4O/c1-9-6-10(15-11(13)14-9)16-5-3-4-12(2,7-16)8-17/h6,17H,3-5,7-8H2,1-2H3,(H2,13,14,15). The van der Waals surface area contributed by atoms with Crippen LogP contribution in [-0.4, -0.2) is 34.8 Å². The average molecular weight is 236 g/mol. The van der Waals surface area contributed by atoms with Crippen LogP contribution >= 0.6 is 0 Å². The summed E-state index contributed by atoms with van der Waals surface area (Å²) in [5, 5.41) is 9.44. The number of anilines is 2. The topological polar surface area (TPSA) is 75.3 Å². The van der Waals surface area contributed by atoms with E-state index in [9.17, 15) is 5.11 Å². The van der Waals surface area contributed by atoms with Gasteiger partial charge in [-0.15, -0.1) is 0 Å². The summed E-state index contributed by atoms with van der Waals surface area (Å²) in [4.78, 5) is 10.5. The second-order valence-corrected chi connectivity index (χ2v) is 5.22. The van der Waals surface area contributed by atoms with E-state index in [1.807, 2.05) is 13.0 Å². The van der Waals surface area contributed by atoms with E-state index < -0.39 is 0 Å². The maximum absolute atomic E-state index is 9.44. The van der Waals surface area contributed by atoms with Crippen LogP contribution in [0.4, 0.5) is 11.8 Å². The third-order valence-electron chi connectivity index (χ3n) is 3.34. The molecule has 3 N–H and O–H groups in total. The monoisotopic (exact) mass is 236 g/mol. The highest BCUT2D eigenvalue weighted by Gasteiger charge is 2.31. The first kappa shape index (κ1) is 12.1. The maximum atomic E-state index is 9.44. The highest BCUT2D eigenvalue weighted by atomic mass is 16.3. The van der Waals surface area contributed by atoms with Gasteiger partial charge in [0.2, 0.25) is 5.95 Å². The summed E-state index contributed by atoms with van der Waals surface area (Å²) in [5.74, 6) is 1.19. The molecule has 2 rings (SSSR count). The van der Waals surface area contributed by atoms with Crippen LogP contribution in [0.15, 0.2) is 6.07 Å². The van der Waals surface area contributed by atoms with E-state index >= 15 is 0 Å². The number of nitrogens with two attached hydrogens (primary N) is 1. The van der Waals surface area contributed by atoms with Crippen LogP contribution in [0.25, 0.3) is 0 Å². The van der Waals surface area contributed by atoms with Crippen LogP contribution < -0.4 is 10.6 Å². The van der Waals surface area contributed by atoms with Crippen molar-refractivity contribution in [2.75, 3.05) is 30.3 Å². The zero-order valence-electron chi connectivity index (χ0n) is 10.5. The molecule has 1 aliphatic heterocycles. The molecule has 0 radical (unpaired) electrons. The van der Waals surface area contributed by atoms with Crippen LogP contribution in [0.2, 0.25) is 0 Å². The van der Waals surface area contributed by atoms with Crippen molar-refractivity contribution in [3.05, 3.63) is 11.8 Å². The zero-order valence-corrected chi connectivity index (χ0v) is 10.5. The van der Waals surface area contributed by atoms with Crippen molar-refractivity contribution in [2.24, 2.45) is 5.41 Å². The molecule has 1 saturated heterocycles. The Labute approximate surface area is 102 Å². The molecule has 2 heterocycles. The zero-order chi connectivity index (χ0) is 12.5. The number of aromatic nitrogens is 2. The molecule has 0 aromatic carbocycles.